The number of nitrogens with zero attached hydrogens (tertiary/aromatic N) is 6. The second kappa shape index (κ2) is 6.73. The van der Waals surface area contributed by atoms with Gasteiger partial charge in [0.25, 0.3) is 5.56 Å². The molecule has 5 aromatic rings. The second-order valence-electron chi connectivity index (χ2n) is 7.01. The first-order valence-electron chi connectivity index (χ1n) is 9.78. The summed E-state index contributed by atoms with van der Waals surface area (Å²) in [5.74, 6) is 0. The molecule has 5 rings (SSSR count). The van der Waals surface area contributed by atoms with E-state index in [1.807, 2.05) is 34.6 Å². The molecule has 0 aliphatic heterocycles. The van der Waals surface area contributed by atoms with Gasteiger partial charge in [0, 0.05) is 30.7 Å². The highest BCUT2D eigenvalue weighted by Gasteiger charge is 2.15. The average Bonchev–Trinajstić information content (AvgIpc) is 3.45. The van der Waals surface area contributed by atoms with Crippen LogP contribution in [-0.4, -0.2) is 34.2 Å². The topological polar surface area (TPSA) is 85.8 Å². The lowest BCUT2D eigenvalue weighted by atomic mass is 10.1. The summed E-state index contributed by atoms with van der Waals surface area (Å²) < 4.78 is 5.28. The summed E-state index contributed by atoms with van der Waals surface area (Å²) in [6, 6.07) is 9.64. The molecule has 0 fully saturated rings. The minimum absolute atomic E-state index is 0.177. The number of rotatable bonds is 5. The van der Waals surface area contributed by atoms with E-state index in [9.17, 15) is 4.79 Å². The zero-order chi connectivity index (χ0) is 20.0. The highest BCUT2D eigenvalue weighted by Crippen LogP contribution is 2.26. The first kappa shape index (κ1) is 17.4. The van der Waals surface area contributed by atoms with Gasteiger partial charge in [0.1, 0.15) is 5.65 Å². The number of aromatic nitrogens is 7. The fraction of sp³-hybridized carbons (Fsp3) is 0.238. The smallest absolute Gasteiger partial charge is 0.274 e. The molecule has 146 valence electrons. The Morgan fingerprint density at radius 2 is 1.90 bits per heavy atom. The molecule has 1 aromatic carbocycles. The average molecular weight is 387 g/mol. The Kier molecular flexibility index (Phi) is 4.04. The van der Waals surface area contributed by atoms with E-state index in [1.54, 1.807) is 18.5 Å². The van der Waals surface area contributed by atoms with Gasteiger partial charge in [-0.05, 0) is 37.1 Å². The van der Waals surface area contributed by atoms with Gasteiger partial charge in [-0.25, -0.2) is 0 Å². The lowest BCUT2D eigenvalue weighted by molar-refractivity contribution is 0.622. The third-order valence-electron chi connectivity index (χ3n) is 5.18. The summed E-state index contributed by atoms with van der Waals surface area (Å²) in [5.41, 5.74) is 5.03. The molecule has 0 unspecified atom stereocenters. The molecule has 8 heteroatoms. The van der Waals surface area contributed by atoms with Crippen LogP contribution in [0.4, 0.5) is 0 Å². The summed E-state index contributed by atoms with van der Waals surface area (Å²) in [6.07, 6.45) is 6.36. The van der Waals surface area contributed by atoms with Crippen molar-refractivity contribution in [3.8, 4) is 22.5 Å². The molecule has 0 amide bonds. The van der Waals surface area contributed by atoms with E-state index in [4.69, 9.17) is 0 Å². The molecular weight excluding hydrogens is 366 g/mol. The highest BCUT2D eigenvalue weighted by molar-refractivity contribution is 5.84. The fourth-order valence-electron chi connectivity index (χ4n) is 3.79. The maximum Gasteiger partial charge on any atom is 0.274 e. The van der Waals surface area contributed by atoms with Gasteiger partial charge < -0.3 is 4.98 Å². The quantitative estimate of drug-likeness (QED) is 0.501. The third kappa shape index (κ3) is 2.75. The Bertz CT molecular complexity index is 1390. The number of aryl methyl sites for hydroxylation is 2. The Morgan fingerprint density at radius 1 is 1.00 bits per heavy atom. The van der Waals surface area contributed by atoms with Crippen LogP contribution in [0.1, 0.15) is 20.3 Å². The maximum absolute atomic E-state index is 12.7. The van der Waals surface area contributed by atoms with Crippen LogP contribution in [0.2, 0.25) is 0 Å². The van der Waals surface area contributed by atoms with Crippen molar-refractivity contribution in [3.05, 3.63) is 59.3 Å². The Hall–Kier alpha value is -3.68. The molecule has 0 saturated carbocycles. The maximum atomic E-state index is 12.7. The molecule has 8 nitrogen and oxygen atoms in total. The van der Waals surface area contributed by atoms with E-state index in [2.05, 4.69) is 39.3 Å². The first-order valence-corrected chi connectivity index (χ1v) is 9.78. The van der Waals surface area contributed by atoms with Gasteiger partial charge in [-0.2, -0.15) is 19.8 Å². The normalized spacial score (nSPS) is 11.7. The van der Waals surface area contributed by atoms with Crippen LogP contribution < -0.4 is 5.56 Å². The molecule has 0 saturated heterocycles. The molecule has 1 N–H and O–H groups in total. The van der Waals surface area contributed by atoms with Gasteiger partial charge in [0.2, 0.25) is 0 Å². The summed E-state index contributed by atoms with van der Waals surface area (Å²) in [7, 11) is 0. The standard InChI is InChI=1S/C21H21N7O/c1-3-9-27-18-6-5-14(10-15(18)12-23-27)17-11-20(29)28-21(25-17)16(13-24-28)19-7-8-22-26(19)4-2/h5-8,10-13,25H,3-4,9H2,1-2H3. The lowest BCUT2D eigenvalue weighted by Crippen LogP contribution is -2.14. The molecule has 0 aliphatic carbocycles. The van der Waals surface area contributed by atoms with Crippen LogP contribution in [-0.2, 0) is 13.1 Å². The third-order valence-corrected chi connectivity index (χ3v) is 5.18. The number of nitrogens with one attached hydrogen (secondary N) is 1. The van der Waals surface area contributed by atoms with Crippen molar-refractivity contribution in [3.63, 3.8) is 0 Å². The van der Waals surface area contributed by atoms with E-state index >= 15 is 0 Å². The highest BCUT2D eigenvalue weighted by atomic mass is 16.1. The van der Waals surface area contributed by atoms with Gasteiger partial charge in [0.05, 0.1) is 34.9 Å². The number of fused-ring (bicyclic) bond motifs is 2. The molecule has 0 radical (unpaired) electrons. The van der Waals surface area contributed by atoms with E-state index in [1.165, 1.54) is 4.52 Å². The van der Waals surface area contributed by atoms with Crippen molar-refractivity contribution in [2.24, 2.45) is 0 Å². The zero-order valence-corrected chi connectivity index (χ0v) is 16.3. The molecule has 0 bridgehead atoms. The summed E-state index contributed by atoms with van der Waals surface area (Å²) in [4.78, 5) is 16.1. The number of benzene rings is 1. The zero-order valence-electron chi connectivity index (χ0n) is 16.3. The molecule has 29 heavy (non-hydrogen) atoms. The van der Waals surface area contributed by atoms with Gasteiger partial charge in [-0.1, -0.05) is 13.0 Å². The van der Waals surface area contributed by atoms with Crippen LogP contribution in [0.25, 0.3) is 39.1 Å². The van der Waals surface area contributed by atoms with Gasteiger partial charge in [-0.3, -0.25) is 14.2 Å². The van der Waals surface area contributed by atoms with Gasteiger partial charge in [0.15, 0.2) is 0 Å². The minimum Gasteiger partial charge on any atom is -0.339 e. The number of hydrogen-bond acceptors (Lipinski definition) is 4. The number of hydrogen-bond donors (Lipinski definition) is 1. The van der Waals surface area contributed by atoms with Crippen LogP contribution in [0.3, 0.4) is 0 Å². The number of H-pyrrole nitrogens is 1. The molecule has 0 atom stereocenters. The van der Waals surface area contributed by atoms with Crippen molar-refractivity contribution in [2.45, 2.75) is 33.4 Å². The van der Waals surface area contributed by atoms with E-state index in [0.29, 0.717) is 5.65 Å². The minimum atomic E-state index is -0.177. The van der Waals surface area contributed by atoms with E-state index in [0.717, 1.165) is 52.9 Å². The Balaban J connectivity index is 1.67. The molecule has 4 aromatic heterocycles. The van der Waals surface area contributed by atoms with Crippen LogP contribution in [0.5, 0.6) is 0 Å². The SMILES string of the molecule is CCCn1ncc2cc(-c3cc(=O)n4ncc(-c5ccnn5CC)c4[nH]3)ccc21. The lowest BCUT2D eigenvalue weighted by Gasteiger charge is -2.07. The monoisotopic (exact) mass is 387 g/mol. The van der Waals surface area contributed by atoms with Crippen LogP contribution in [0, 0.1) is 0 Å². The van der Waals surface area contributed by atoms with E-state index in [-0.39, 0.29) is 5.56 Å². The molecule has 0 spiro atoms. The van der Waals surface area contributed by atoms with Crippen LogP contribution in [0.15, 0.2) is 53.7 Å². The Morgan fingerprint density at radius 3 is 2.72 bits per heavy atom. The van der Waals surface area contributed by atoms with Crippen molar-refractivity contribution in [1.82, 2.24) is 34.2 Å². The summed E-state index contributed by atoms with van der Waals surface area (Å²) >= 11 is 0. The first-order chi connectivity index (χ1) is 14.2. The summed E-state index contributed by atoms with van der Waals surface area (Å²) in [6.45, 7) is 5.79. The van der Waals surface area contributed by atoms with Crippen molar-refractivity contribution in [2.75, 3.05) is 0 Å². The molecule has 4 heterocycles. The summed E-state index contributed by atoms with van der Waals surface area (Å²) in [5, 5.41) is 14.1. The van der Waals surface area contributed by atoms with E-state index < -0.39 is 0 Å². The van der Waals surface area contributed by atoms with Gasteiger partial charge >= 0.3 is 0 Å². The fourth-order valence-corrected chi connectivity index (χ4v) is 3.79. The van der Waals surface area contributed by atoms with Crippen molar-refractivity contribution >= 4 is 16.6 Å². The second-order valence-corrected chi connectivity index (χ2v) is 7.01. The van der Waals surface area contributed by atoms with Crippen molar-refractivity contribution < 1.29 is 0 Å². The predicted octanol–water partition coefficient (Wildman–Crippen LogP) is 3.33. The molecular formula is C21H21N7O. The van der Waals surface area contributed by atoms with Crippen molar-refractivity contribution in [1.29, 1.82) is 0 Å². The number of aromatic amines is 1. The predicted molar refractivity (Wildman–Crippen MR) is 112 cm³/mol. The molecule has 0 aliphatic rings. The van der Waals surface area contributed by atoms with Gasteiger partial charge in [-0.15, -0.1) is 0 Å². The Labute approximate surface area is 166 Å². The largest absolute Gasteiger partial charge is 0.339 e. The van der Waals surface area contributed by atoms with Crippen LogP contribution >= 0.6 is 0 Å².